The van der Waals surface area contributed by atoms with Crippen LogP contribution in [0.4, 0.5) is 11.4 Å². The molecule has 0 saturated heterocycles. The Morgan fingerprint density at radius 3 is 2.30 bits per heavy atom. The highest BCUT2D eigenvalue weighted by atomic mass is 35.5. The Labute approximate surface area is 223 Å². The van der Waals surface area contributed by atoms with Crippen LogP contribution in [-0.4, -0.2) is 20.4 Å². The molecule has 0 saturated carbocycles. The van der Waals surface area contributed by atoms with Crippen LogP contribution in [0.5, 0.6) is 0 Å². The molecule has 37 heavy (non-hydrogen) atoms. The predicted molar refractivity (Wildman–Crippen MR) is 149 cm³/mol. The molecule has 5 rings (SSSR count). The molecule has 1 atom stereocenters. The molecule has 5 nitrogen and oxygen atoms in total. The zero-order chi connectivity index (χ0) is 26.2. The number of para-hydroxylation sites is 2. The lowest BCUT2D eigenvalue weighted by Gasteiger charge is -2.29. The SMILES string of the molecule is Cc1ccc(S(=O)(=O)N(Cc2ccc(Cl)cc2)c2ccccc2C(=O)N2c3ccccc3C[C@@H]2C)cc1. The summed E-state index contributed by atoms with van der Waals surface area (Å²) in [5, 5.41) is 0.564. The second-order valence-electron chi connectivity index (χ2n) is 9.33. The van der Waals surface area contributed by atoms with Crippen LogP contribution < -0.4 is 9.21 Å². The summed E-state index contributed by atoms with van der Waals surface area (Å²) >= 11 is 6.08. The number of fused-ring (bicyclic) bond motifs is 1. The van der Waals surface area contributed by atoms with Crippen molar-refractivity contribution < 1.29 is 13.2 Å². The maximum absolute atomic E-state index is 14.0. The van der Waals surface area contributed by atoms with Gasteiger partial charge in [-0.05, 0) is 73.9 Å². The predicted octanol–water partition coefficient (Wildman–Crippen LogP) is 6.64. The highest BCUT2D eigenvalue weighted by Gasteiger charge is 2.35. The van der Waals surface area contributed by atoms with E-state index in [2.05, 4.69) is 0 Å². The summed E-state index contributed by atoms with van der Waals surface area (Å²) in [5.74, 6) is -0.228. The smallest absolute Gasteiger partial charge is 0.264 e. The Morgan fingerprint density at radius 2 is 1.57 bits per heavy atom. The molecule has 0 unspecified atom stereocenters. The van der Waals surface area contributed by atoms with E-state index in [-0.39, 0.29) is 23.4 Å². The first-order chi connectivity index (χ1) is 17.8. The summed E-state index contributed by atoms with van der Waals surface area (Å²) in [4.78, 5) is 16.0. The van der Waals surface area contributed by atoms with Crippen molar-refractivity contribution in [3.63, 3.8) is 0 Å². The molecular weight excluding hydrogens is 504 g/mol. The first-order valence-electron chi connectivity index (χ1n) is 12.1. The van der Waals surface area contributed by atoms with E-state index in [9.17, 15) is 13.2 Å². The molecule has 0 radical (unpaired) electrons. The summed E-state index contributed by atoms with van der Waals surface area (Å²) < 4.78 is 29.4. The molecule has 0 aliphatic carbocycles. The number of rotatable bonds is 6. The first kappa shape index (κ1) is 25.1. The molecule has 0 fully saturated rings. The third-order valence-corrected chi connectivity index (χ3v) is 8.70. The molecular formula is C30H27ClN2O3S. The standard InChI is InChI=1S/C30H27ClN2O3S/c1-21-11-17-26(18-12-21)37(35,36)32(20-23-13-15-25(31)16-14-23)29-10-6-4-8-27(29)30(34)33-22(2)19-24-7-3-5-9-28(24)33/h3-18,22H,19-20H2,1-2H3/t22-/m0/s1. The molecule has 1 aliphatic rings. The van der Waals surface area contributed by atoms with Crippen LogP contribution in [0.3, 0.4) is 0 Å². The Kier molecular flexibility index (Phi) is 6.80. The van der Waals surface area contributed by atoms with Gasteiger partial charge in [0.2, 0.25) is 0 Å². The van der Waals surface area contributed by atoms with Crippen molar-refractivity contribution >= 4 is 38.9 Å². The van der Waals surface area contributed by atoms with E-state index in [1.807, 2.05) is 38.1 Å². The number of carbonyl (C=O) groups is 1. The van der Waals surface area contributed by atoms with Crippen molar-refractivity contribution in [2.75, 3.05) is 9.21 Å². The number of anilines is 2. The lowest BCUT2D eigenvalue weighted by Crippen LogP contribution is -2.38. The van der Waals surface area contributed by atoms with Gasteiger partial charge in [0.05, 0.1) is 22.7 Å². The number of amides is 1. The van der Waals surface area contributed by atoms with Gasteiger partial charge in [-0.25, -0.2) is 8.42 Å². The third-order valence-electron chi connectivity index (χ3n) is 6.68. The van der Waals surface area contributed by atoms with Crippen LogP contribution >= 0.6 is 11.6 Å². The maximum atomic E-state index is 14.0. The molecule has 0 aromatic heterocycles. The summed E-state index contributed by atoms with van der Waals surface area (Å²) in [6, 6.07) is 28.5. The second-order valence-corrected chi connectivity index (χ2v) is 11.6. The van der Waals surface area contributed by atoms with Crippen molar-refractivity contribution in [3.05, 3.63) is 124 Å². The number of carbonyl (C=O) groups excluding carboxylic acids is 1. The van der Waals surface area contributed by atoms with Gasteiger partial charge in [0.1, 0.15) is 0 Å². The second kappa shape index (κ2) is 10.0. The van der Waals surface area contributed by atoms with Crippen molar-refractivity contribution in [1.29, 1.82) is 0 Å². The Hall–Kier alpha value is -3.61. The van der Waals surface area contributed by atoms with E-state index in [4.69, 9.17) is 11.6 Å². The number of halogens is 1. The number of hydrogen-bond acceptors (Lipinski definition) is 3. The van der Waals surface area contributed by atoms with E-state index in [0.29, 0.717) is 16.3 Å². The van der Waals surface area contributed by atoms with E-state index < -0.39 is 10.0 Å². The molecule has 4 aromatic carbocycles. The zero-order valence-corrected chi connectivity index (χ0v) is 22.2. The van der Waals surface area contributed by atoms with Crippen molar-refractivity contribution in [2.24, 2.45) is 0 Å². The van der Waals surface area contributed by atoms with Crippen LogP contribution in [0.25, 0.3) is 0 Å². The summed E-state index contributed by atoms with van der Waals surface area (Å²) in [5.41, 5.74) is 4.34. The lowest BCUT2D eigenvalue weighted by atomic mass is 10.1. The van der Waals surface area contributed by atoms with Crippen LogP contribution in [0.1, 0.15) is 34.0 Å². The average Bonchev–Trinajstić information content (AvgIpc) is 3.23. The van der Waals surface area contributed by atoms with Crippen LogP contribution in [0, 0.1) is 6.92 Å². The molecule has 1 heterocycles. The molecule has 188 valence electrons. The number of aryl methyl sites for hydroxylation is 1. The summed E-state index contributed by atoms with van der Waals surface area (Å²) in [7, 11) is -4.00. The van der Waals surface area contributed by atoms with Crippen molar-refractivity contribution in [1.82, 2.24) is 0 Å². The van der Waals surface area contributed by atoms with Gasteiger partial charge in [-0.3, -0.25) is 9.10 Å². The first-order valence-corrected chi connectivity index (χ1v) is 13.9. The largest absolute Gasteiger partial charge is 0.305 e. The van der Waals surface area contributed by atoms with Gasteiger partial charge in [0, 0.05) is 16.8 Å². The van der Waals surface area contributed by atoms with Gasteiger partial charge in [0.25, 0.3) is 15.9 Å². The van der Waals surface area contributed by atoms with Crippen molar-refractivity contribution in [3.8, 4) is 0 Å². The van der Waals surface area contributed by atoms with E-state index in [1.54, 1.807) is 77.7 Å². The zero-order valence-electron chi connectivity index (χ0n) is 20.6. The molecule has 4 aromatic rings. The monoisotopic (exact) mass is 530 g/mol. The van der Waals surface area contributed by atoms with E-state index in [1.165, 1.54) is 4.31 Å². The molecule has 0 bridgehead atoms. The number of benzene rings is 4. The fourth-order valence-corrected chi connectivity index (χ4v) is 6.37. The Morgan fingerprint density at radius 1 is 0.919 bits per heavy atom. The van der Waals surface area contributed by atoms with Gasteiger partial charge < -0.3 is 4.90 Å². The van der Waals surface area contributed by atoms with E-state index in [0.717, 1.165) is 28.8 Å². The number of hydrogen-bond donors (Lipinski definition) is 0. The third kappa shape index (κ3) is 4.87. The molecule has 0 spiro atoms. The van der Waals surface area contributed by atoms with Crippen LogP contribution in [0.2, 0.25) is 5.02 Å². The van der Waals surface area contributed by atoms with Gasteiger partial charge in [0.15, 0.2) is 0 Å². The van der Waals surface area contributed by atoms with Gasteiger partial charge in [-0.2, -0.15) is 0 Å². The lowest BCUT2D eigenvalue weighted by molar-refractivity contribution is 0.0982. The quantitative estimate of drug-likeness (QED) is 0.281. The molecule has 1 aliphatic heterocycles. The van der Waals surface area contributed by atoms with Gasteiger partial charge >= 0.3 is 0 Å². The fourth-order valence-electron chi connectivity index (χ4n) is 4.77. The number of sulfonamides is 1. The Bertz CT molecular complexity index is 1550. The van der Waals surface area contributed by atoms with Gasteiger partial charge in [-0.1, -0.05) is 71.8 Å². The summed E-state index contributed by atoms with van der Waals surface area (Å²) in [6.45, 7) is 3.96. The number of nitrogens with zero attached hydrogens (tertiary/aromatic N) is 2. The summed E-state index contributed by atoms with van der Waals surface area (Å²) in [6.07, 6.45) is 0.750. The minimum Gasteiger partial charge on any atom is -0.305 e. The molecule has 7 heteroatoms. The average molecular weight is 531 g/mol. The van der Waals surface area contributed by atoms with Crippen LogP contribution in [-0.2, 0) is 23.0 Å². The highest BCUT2D eigenvalue weighted by Crippen LogP contribution is 2.36. The minimum atomic E-state index is -4.00. The van der Waals surface area contributed by atoms with Gasteiger partial charge in [-0.15, -0.1) is 0 Å². The Balaban J connectivity index is 1.63. The topological polar surface area (TPSA) is 57.7 Å². The molecule has 0 N–H and O–H groups in total. The highest BCUT2D eigenvalue weighted by molar-refractivity contribution is 7.92. The fraction of sp³-hybridized carbons (Fsp3) is 0.167. The normalized spacial score (nSPS) is 14.9. The minimum absolute atomic E-state index is 0.0450. The maximum Gasteiger partial charge on any atom is 0.264 e. The van der Waals surface area contributed by atoms with Crippen molar-refractivity contribution in [2.45, 2.75) is 37.8 Å². The van der Waals surface area contributed by atoms with Crippen LogP contribution in [0.15, 0.2) is 102 Å². The molecule has 1 amide bonds. The van der Waals surface area contributed by atoms with E-state index >= 15 is 0 Å².